The smallest absolute Gasteiger partial charge is 0.396 e. The zero-order valence-corrected chi connectivity index (χ0v) is 8.01. The predicted molar refractivity (Wildman–Crippen MR) is 47.8 cm³/mol. The zero-order valence-electron chi connectivity index (χ0n) is 7.11. The molecular weight excluding hydrogens is 218 g/mol. The van der Waals surface area contributed by atoms with Gasteiger partial charge < -0.3 is 5.73 Å². The van der Waals surface area contributed by atoms with Crippen molar-refractivity contribution in [3.8, 4) is 0 Å². The Morgan fingerprint density at radius 1 is 1.36 bits per heavy atom. The number of hydrogen-bond acceptors (Lipinski definition) is 2. The maximum atomic E-state index is 13.0. The van der Waals surface area contributed by atoms with E-state index in [9.17, 15) is 17.6 Å². The average molecular weight is 225 g/mol. The molecule has 14 heavy (non-hydrogen) atoms. The van der Waals surface area contributed by atoms with Gasteiger partial charge in [-0.1, -0.05) is 0 Å². The maximum Gasteiger partial charge on any atom is 0.417 e. The van der Waals surface area contributed by atoms with Gasteiger partial charge in [0.1, 0.15) is 0 Å². The number of benzene rings is 1. The molecule has 6 heteroatoms. The summed E-state index contributed by atoms with van der Waals surface area (Å²) in [4.78, 5) is -0.755. The van der Waals surface area contributed by atoms with E-state index < -0.39 is 22.5 Å². The molecule has 1 nitrogen and oxygen atoms in total. The van der Waals surface area contributed by atoms with Crippen molar-refractivity contribution in [2.45, 2.75) is 18.0 Å². The van der Waals surface area contributed by atoms with Crippen molar-refractivity contribution in [2.75, 3.05) is 5.73 Å². The second-order valence-corrected chi connectivity index (χ2v) is 3.27. The van der Waals surface area contributed by atoms with E-state index in [1.54, 1.807) is 0 Å². The molecule has 0 unspecified atom stereocenters. The molecule has 0 aliphatic rings. The Kier molecular flexibility index (Phi) is 2.67. The Labute approximate surface area is 83.3 Å². The van der Waals surface area contributed by atoms with E-state index in [-0.39, 0.29) is 11.3 Å². The van der Waals surface area contributed by atoms with Crippen LogP contribution in [-0.4, -0.2) is 0 Å². The molecule has 0 saturated heterocycles. The number of nitrogens with two attached hydrogens (primary N) is 1. The van der Waals surface area contributed by atoms with Gasteiger partial charge in [-0.15, -0.1) is 12.6 Å². The van der Waals surface area contributed by atoms with Crippen molar-refractivity contribution in [2.24, 2.45) is 0 Å². The predicted octanol–water partition coefficient (Wildman–Crippen LogP) is 3.02. The highest BCUT2D eigenvalue weighted by Crippen LogP contribution is 2.38. The molecule has 1 rings (SSSR count). The number of hydrogen-bond donors (Lipinski definition) is 2. The van der Waals surface area contributed by atoms with Crippen LogP contribution in [-0.2, 0) is 6.18 Å². The summed E-state index contributed by atoms with van der Waals surface area (Å²) < 4.78 is 50.1. The quantitative estimate of drug-likeness (QED) is 0.396. The minimum atomic E-state index is -4.62. The lowest BCUT2D eigenvalue weighted by Crippen LogP contribution is -2.11. The topological polar surface area (TPSA) is 26.0 Å². The molecule has 0 heterocycles. The summed E-state index contributed by atoms with van der Waals surface area (Å²) >= 11 is 3.47. The van der Waals surface area contributed by atoms with Crippen LogP contribution >= 0.6 is 12.6 Å². The molecule has 0 atom stereocenters. The van der Waals surface area contributed by atoms with Crippen molar-refractivity contribution in [3.05, 3.63) is 23.0 Å². The van der Waals surface area contributed by atoms with Gasteiger partial charge in [-0.2, -0.15) is 13.2 Å². The third kappa shape index (κ3) is 1.79. The number of thiol groups is 1. The molecule has 0 aromatic heterocycles. The Morgan fingerprint density at radius 3 is 2.29 bits per heavy atom. The fourth-order valence-corrected chi connectivity index (χ4v) is 1.59. The van der Waals surface area contributed by atoms with E-state index >= 15 is 0 Å². The van der Waals surface area contributed by atoms with Gasteiger partial charge >= 0.3 is 6.18 Å². The second kappa shape index (κ2) is 3.34. The SMILES string of the molecule is Cc1cc(N)c(F)c(S)c1C(F)(F)F. The first-order valence-electron chi connectivity index (χ1n) is 3.60. The highest BCUT2D eigenvalue weighted by molar-refractivity contribution is 7.80. The number of nitrogen functional groups attached to an aromatic ring is 1. The molecule has 0 amide bonds. The summed E-state index contributed by atoms with van der Waals surface area (Å²) in [7, 11) is 0. The van der Waals surface area contributed by atoms with Gasteiger partial charge in [0.05, 0.1) is 16.1 Å². The minimum absolute atomic E-state index is 0.138. The Hall–Kier alpha value is -0.910. The van der Waals surface area contributed by atoms with Gasteiger partial charge in [0, 0.05) is 0 Å². The number of aryl methyl sites for hydroxylation is 1. The summed E-state index contributed by atoms with van der Waals surface area (Å²) in [5, 5.41) is 0. The first-order chi connectivity index (χ1) is 6.25. The van der Waals surface area contributed by atoms with Crippen LogP contribution in [0.5, 0.6) is 0 Å². The van der Waals surface area contributed by atoms with E-state index in [1.807, 2.05) is 0 Å². The van der Waals surface area contributed by atoms with Crippen LogP contribution in [0.4, 0.5) is 23.2 Å². The van der Waals surface area contributed by atoms with Crippen molar-refractivity contribution in [1.82, 2.24) is 0 Å². The Balaban J connectivity index is 3.53. The zero-order chi connectivity index (χ0) is 11.1. The van der Waals surface area contributed by atoms with Crippen molar-refractivity contribution in [3.63, 3.8) is 0 Å². The van der Waals surface area contributed by atoms with Gasteiger partial charge in [0.25, 0.3) is 0 Å². The van der Waals surface area contributed by atoms with E-state index in [2.05, 4.69) is 12.6 Å². The number of anilines is 1. The van der Waals surface area contributed by atoms with Crippen LogP contribution in [0, 0.1) is 12.7 Å². The first kappa shape index (κ1) is 11.2. The summed E-state index contributed by atoms with van der Waals surface area (Å²) in [6, 6.07) is 0.942. The number of rotatable bonds is 0. The van der Waals surface area contributed by atoms with Gasteiger partial charge in [0.2, 0.25) is 0 Å². The fraction of sp³-hybridized carbons (Fsp3) is 0.250. The van der Waals surface area contributed by atoms with Crippen LogP contribution in [0.3, 0.4) is 0 Å². The van der Waals surface area contributed by atoms with E-state index in [4.69, 9.17) is 5.73 Å². The highest BCUT2D eigenvalue weighted by Gasteiger charge is 2.36. The van der Waals surface area contributed by atoms with Crippen molar-refractivity contribution >= 4 is 18.3 Å². The van der Waals surface area contributed by atoms with Crippen LogP contribution in [0.15, 0.2) is 11.0 Å². The molecule has 0 saturated carbocycles. The van der Waals surface area contributed by atoms with E-state index in [0.717, 1.165) is 6.07 Å². The maximum absolute atomic E-state index is 13.0. The molecule has 1 aromatic rings. The molecule has 0 aliphatic carbocycles. The summed E-state index contributed by atoms with van der Waals surface area (Å²) in [6.45, 7) is 1.21. The van der Waals surface area contributed by atoms with Crippen LogP contribution in [0.1, 0.15) is 11.1 Å². The molecule has 1 aromatic carbocycles. The van der Waals surface area contributed by atoms with Crippen LogP contribution in [0.25, 0.3) is 0 Å². The Bertz CT molecular complexity index is 373. The highest BCUT2D eigenvalue weighted by atomic mass is 32.1. The fourth-order valence-electron chi connectivity index (χ4n) is 1.16. The average Bonchev–Trinajstić information content (AvgIpc) is 1.97. The molecule has 2 N–H and O–H groups in total. The van der Waals surface area contributed by atoms with Crippen LogP contribution < -0.4 is 5.73 Å². The molecule has 0 spiro atoms. The number of alkyl halides is 3. The lowest BCUT2D eigenvalue weighted by Gasteiger charge is -2.14. The number of halogens is 4. The Morgan fingerprint density at radius 2 is 1.86 bits per heavy atom. The van der Waals surface area contributed by atoms with Crippen LogP contribution in [0.2, 0.25) is 0 Å². The van der Waals surface area contributed by atoms with Crippen molar-refractivity contribution in [1.29, 1.82) is 0 Å². The molecule has 0 radical (unpaired) electrons. The molecule has 0 bridgehead atoms. The molecule has 0 fully saturated rings. The van der Waals surface area contributed by atoms with Gasteiger partial charge in [-0.3, -0.25) is 0 Å². The second-order valence-electron chi connectivity index (χ2n) is 2.82. The van der Waals surface area contributed by atoms with Gasteiger partial charge in [-0.05, 0) is 18.6 Å². The first-order valence-corrected chi connectivity index (χ1v) is 4.04. The molecule has 0 aliphatic heterocycles. The summed E-state index contributed by atoms with van der Waals surface area (Å²) in [5.41, 5.74) is 3.60. The van der Waals surface area contributed by atoms with Crippen molar-refractivity contribution < 1.29 is 17.6 Å². The van der Waals surface area contributed by atoms with E-state index in [0.29, 0.717) is 0 Å². The third-order valence-electron chi connectivity index (χ3n) is 1.75. The lowest BCUT2D eigenvalue weighted by atomic mass is 10.1. The van der Waals surface area contributed by atoms with Gasteiger partial charge in [0.15, 0.2) is 5.82 Å². The third-order valence-corrected chi connectivity index (χ3v) is 2.17. The van der Waals surface area contributed by atoms with E-state index in [1.165, 1.54) is 6.92 Å². The van der Waals surface area contributed by atoms with Gasteiger partial charge in [-0.25, -0.2) is 4.39 Å². The standard InChI is InChI=1S/C8H7F4NS/c1-3-2-4(13)6(9)7(14)5(3)8(10,11)12/h2,14H,13H2,1H3. The minimum Gasteiger partial charge on any atom is -0.396 e. The monoisotopic (exact) mass is 225 g/mol. The molecule has 78 valence electrons. The summed E-state index contributed by atoms with van der Waals surface area (Å²) in [5.74, 6) is -1.13. The summed E-state index contributed by atoms with van der Waals surface area (Å²) in [6.07, 6.45) is -4.62. The lowest BCUT2D eigenvalue weighted by molar-refractivity contribution is -0.140. The molecular formula is C8H7F4NS. The largest absolute Gasteiger partial charge is 0.417 e. The normalized spacial score (nSPS) is 11.9.